The molecule has 0 radical (unpaired) electrons. The molecule has 5 aromatic rings. The van der Waals surface area contributed by atoms with Gasteiger partial charge in [-0.2, -0.15) is 4.98 Å². The molecule has 1 atom stereocenters. The van der Waals surface area contributed by atoms with Crippen molar-refractivity contribution in [2.45, 2.75) is 26.9 Å². The molecule has 156 valence electrons. The van der Waals surface area contributed by atoms with Crippen LogP contribution in [0.25, 0.3) is 33.1 Å². The monoisotopic (exact) mass is 433 g/mol. The van der Waals surface area contributed by atoms with Crippen LogP contribution >= 0.6 is 11.6 Å². The lowest BCUT2D eigenvalue weighted by molar-refractivity contribution is 0.198. The predicted octanol–water partition coefficient (Wildman–Crippen LogP) is 6.49. The highest BCUT2D eigenvalue weighted by atomic mass is 35.5. The Hall–Kier alpha value is -3.35. The molecule has 0 saturated carbocycles. The molecule has 0 aliphatic carbocycles. The molecule has 0 bridgehead atoms. The summed E-state index contributed by atoms with van der Waals surface area (Å²) in [6.45, 7) is 5.59. The Bertz CT molecular complexity index is 1440. The van der Waals surface area contributed by atoms with Gasteiger partial charge in [-0.1, -0.05) is 28.9 Å². The number of fused-ring (bicyclic) bond motifs is 2. The molecule has 0 amide bonds. The lowest BCUT2D eigenvalue weighted by atomic mass is 10.0. The minimum atomic E-state index is -0.578. The molecule has 0 saturated heterocycles. The average Bonchev–Trinajstić information content (AvgIpc) is 3.30. The maximum Gasteiger partial charge on any atom is 0.300 e. The Kier molecular flexibility index (Phi) is 4.68. The standard InChI is InChI=1S/C24H20ClN3O3/c1-12-4-6-16(9-18(12)14(3)29)30-24-26-21-10-19(20(25)11-22(21)27-24)15-5-7-17-13(2)28-31-23(17)8-15/h4-11,14,29H,1-3H3,(H,26,27). The second kappa shape index (κ2) is 7.41. The first-order valence-electron chi connectivity index (χ1n) is 9.91. The molecule has 2 N–H and O–H groups in total. The van der Waals surface area contributed by atoms with Gasteiger partial charge < -0.3 is 19.4 Å². The number of nitrogens with zero attached hydrogens (tertiary/aromatic N) is 2. The molecule has 0 spiro atoms. The summed E-state index contributed by atoms with van der Waals surface area (Å²) >= 11 is 6.57. The molecule has 2 heterocycles. The number of imidazole rings is 1. The van der Waals surface area contributed by atoms with E-state index >= 15 is 0 Å². The summed E-state index contributed by atoms with van der Waals surface area (Å²) in [7, 11) is 0. The molecular weight excluding hydrogens is 414 g/mol. The number of aliphatic hydroxyl groups is 1. The molecule has 3 aromatic carbocycles. The van der Waals surface area contributed by atoms with Gasteiger partial charge in [0, 0.05) is 10.9 Å². The summed E-state index contributed by atoms with van der Waals surface area (Å²) < 4.78 is 11.3. The normalized spacial score (nSPS) is 12.5. The average molecular weight is 434 g/mol. The van der Waals surface area contributed by atoms with Gasteiger partial charge in [0.15, 0.2) is 5.58 Å². The first-order valence-corrected chi connectivity index (χ1v) is 10.3. The third-order valence-electron chi connectivity index (χ3n) is 5.43. The SMILES string of the molecule is Cc1ccc(Oc2nc3cc(-c4ccc5c(C)noc5c4)c(Cl)cc3[nH]2)cc1C(C)O. The fourth-order valence-electron chi connectivity index (χ4n) is 3.75. The number of aryl methyl sites for hydroxylation is 2. The van der Waals surface area contributed by atoms with Crippen LogP contribution < -0.4 is 4.74 Å². The van der Waals surface area contributed by atoms with Gasteiger partial charge in [0.05, 0.1) is 27.9 Å². The van der Waals surface area contributed by atoms with E-state index in [1.807, 2.05) is 62.4 Å². The Morgan fingerprint density at radius 2 is 1.94 bits per heavy atom. The second-order valence-electron chi connectivity index (χ2n) is 7.67. The fraction of sp³-hybridized carbons (Fsp3) is 0.167. The van der Waals surface area contributed by atoms with E-state index in [1.54, 1.807) is 6.92 Å². The number of rotatable bonds is 4. The van der Waals surface area contributed by atoms with Crippen molar-refractivity contribution >= 4 is 33.6 Å². The van der Waals surface area contributed by atoms with Crippen molar-refractivity contribution in [3.63, 3.8) is 0 Å². The van der Waals surface area contributed by atoms with E-state index in [0.29, 0.717) is 22.4 Å². The van der Waals surface area contributed by atoms with Gasteiger partial charge in [-0.3, -0.25) is 0 Å². The van der Waals surface area contributed by atoms with Crippen LogP contribution in [-0.4, -0.2) is 20.2 Å². The fourth-order valence-corrected chi connectivity index (χ4v) is 4.02. The van der Waals surface area contributed by atoms with Gasteiger partial charge in [-0.15, -0.1) is 0 Å². The Morgan fingerprint density at radius 1 is 1.10 bits per heavy atom. The van der Waals surface area contributed by atoms with Gasteiger partial charge in [-0.25, -0.2) is 0 Å². The lowest BCUT2D eigenvalue weighted by Gasteiger charge is -2.10. The van der Waals surface area contributed by atoms with Crippen LogP contribution in [0.3, 0.4) is 0 Å². The third-order valence-corrected chi connectivity index (χ3v) is 5.74. The first kappa shape index (κ1) is 19.6. The van der Waals surface area contributed by atoms with Crippen molar-refractivity contribution < 1.29 is 14.4 Å². The summed E-state index contributed by atoms with van der Waals surface area (Å²) in [6.07, 6.45) is -0.578. The van der Waals surface area contributed by atoms with E-state index in [-0.39, 0.29) is 0 Å². The van der Waals surface area contributed by atoms with Gasteiger partial charge in [0.2, 0.25) is 0 Å². The van der Waals surface area contributed by atoms with Crippen LogP contribution in [0.1, 0.15) is 29.8 Å². The van der Waals surface area contributed by atoms with Crippen LogP contribution in [0.15, 0.2) is 53.1 Å². The van der Waals surface area contributed by atoms with E-state index in [2.05, 4.69) is 15.1 Å². The number of aromatic nitrogens is 3. The number of ether oxygens (including phenoxy) is 1. The summed E-state index contributed by atoms with van der Waals surface area (Å²) in [5.74, 6) is 0.595. The van der Waals surface area contributed by atoms with Gasteiger partial charge in [0.25, 0.3) is 6.01 Å². The highest BCUT2D eigenvalue weighted by molar-refractivity contribution is 6.34. The Labute approximate surface area is 183 Å². The minimum absolute atomic E-state index is 0.352. The maximum absolute atomic E-state index is 9.94. The smallest absolute Gasteiger partial charge is 0.300 e. The van der Waals surface area contributed by atoms with Crippen molar-refractivity contribution in [3.8, 4) is 22.9 Å². The minimum Gasteiger partial charge on any atom is -0.426 e. The molecule has 6 nitrogen and oxygen atoms in total. The van der Waals surface area contributed by atoms with Crippen molar-refractivity contribution in [2.75, 3.05) is 0 Å². The lowest BCUT2D eigenvalue weighted by Crippen LogP contribution is -1.96. The summed E-state index contributed by atoms with van der Waals surface area (Å²) in [4.78, 5) is 7.72. The predicted molar refractivity (Wildman–Crippen MR) is 121 cm³/mol. The molecule has 1 unspecified atom stereocenters. The highest BCUT2D eigenvalue weighted by Gasteiger charge is 2.14. The van der Waals surface area contributed by atoms with E-state index in [9.17, 15) is 5.11 Å². The van der Waals surface area contributed by atoms with Crippen LogP contribution in [0.2, 0.25) is 5.02 Å². The topological polar surface area (TPSA) is 84.2 Å². The number of hydrogen-bond donors (Lipinski definition) is 2. The van der Waals surface area contributed by atoms with Crippen molar-refractivity contribution in [3.05, 3.63) is 70.4 Å². The van der Waals surface area contributed by atoms with Crippen LogP contribution in [-0.2, 0) is 0 Å². The number of hydrogen-bond acceptors (Lipinski definition) is 5. The van der Waals surface area contributed by atoms with Gasteiger partial charge in [-0.05, 0) is 73.9 Å². The molecule has 0 aliphatic rings. The molecule has 2 aromatic heterocycles. The molecule has 5 rings (SSSR count). The number of benzene rings is 3. The zero-order valence-corrected chi connectivity index (χ0v) is 18.0. The molecule has 0 aliphatic heterocycles. The highest BCUT2D eigenvalue weighted by Crippen LogP contribution is 2.35. The van der Waals surface area contributed by atoms with Crippen molar-refractivity contribution in [1.29, 1.82) is 0 Å². The Balaban J connectivity index is 1.51. The zero-order valence-electron chi connectivity index (χ0n) is 17.2. The van der Waals surface area contributed by atoms with Crippen LogP contribution in [0.5, 0.6) is 11.8 Å². The zero-order chi connectivity index (χ0) is 21.7. The Morgan fingerprint density at radius 3 is 2.74 bits per heavy atom. The largest absolute Gasteiger partial charge is 0.426 e. The summed E-state index contributed by atoms with van der Waals surface area (Å²) in [5, 5.41) is 15.5. The first-order chi connectivity index (χ1) is 14.9. The van der Waals surface area contributed by atoms with Gasteiger partial charge >= 0.3 is 0 Å². The van der Waals surface area contributed by atoms with Crippen LogP contribution in [0.4, 0.5) is 0 Å². The van der Waals surface area contributed by atoms with Crippen molar-refractivity contribution in [2.24, 2.45) is 0 Å². The van der Waals surface area contributed by atoms with E-state index in [1.165, 1.54) is 0 Å². The number of halogens is 1. The van der Waals surface area contributed by atoms with E-state index in [0.717, 1.165) is 44.4 Å². The van der Waals surface area contributed by atoms with Crippen LogP contribution in [0, 0.1) is 13.8 Å². The molecule has 7 heteroatoms. The summed E-state index contributed by atoms with van der Waals surface area (Å²) in [5.41, 5.74) is 6.64. The quantitative estimate of drug-likeness (QED) is 0.338. The van der Waals surface area contributed by atoms with Gasteiger partial charge in [0.1, 0.15) is 5.75 Å². The number of H-pyrrole nitrogens is 1. The van der Waals surface area contributed by atoms with E-state index in [4.69, 9.17) is 20.9 Å². The molecular formula is C24H20ClN3O3. The molecule has 0 fully saturated rings. The number of aliphatic hydroxyl groups excluding tert-OH is 1. The van der Waals surface area contributed by atoms with E-state index < -0.39 is 6.10 Å². The van der Waals surface area contributed by atoms with Crippen molar-refractivity contribution in [1.82, 2.24) is 15.1 Å². The second-order valence-corrected chi connectivity index (χ2v) is 8.07. The maximum atomic E-state index is 9.94. The molecule has 31 heavy (non-hydrogen) atoms. The summed E-state index contributed by atoms with van der Waals surface area (Å²) in [6, 6.07) is 15.6. The number of nitrogens with one attached hydrogen (secondary N) is 1. The third kappa shape index (κ3) is 3.54. The number of aromatic amines is 1.